The number of benzene rings is 1. The Morgan fingerprint density at radius 3 is 2.75 bits per heavy atom. The summed E-state index contributed by atoms with van der Waals surface area (Å²) in [7, 11) is 1.98. The first-order valence-electron chi connectivity index (χ1n) is 5.78. The first-order chi connectivity index (χ1) is 7.67. The number of unbranched alkanes of at least 4 members (excludes halogenated alkanes) is 1. The number of halogens is 2. The average molecular weight is 288 g/mol. The zero-order valence-corrected chi connectivity index (χ0v) is 11.5. The van der Waals surface area contributed by atoms with E-state index in [4.69, 9.17) is 0 Å². The SMILES string of the molecule is CCCCC(Cc1ccc(F)cc1Br)NC. The van der Waals surface area contributed by atoms with Gasteiger partial charge in [0.2, 0.25) is 0 Å². The van der Waals surface area contributed by atoms with Crippen molar-refractivity contribution >= 4 is 15.9 Å². The van der Waals surface area contributed by atoms with Crippen LogP contribution in [0.2, 0.25) is 0 Å². The lowest BCUT2D eigenvalue weighted by atomic mass is 10.0. The van der Waals surface area contributed by atoms with Crippen LogP contribution >= 0.6 is 15.9 Å². The maximum absolute atomic E-state index is 12.9. The molecule has 1 aromatic rings. The van der Waals surface area contributed by atoms with Crippen LogP contribution in [0.4, 0.5) is 4.39 Å². The maximum Gasteiger partial charge on any atom is 0.124 e. The van der Waals surface area contributed by atoms with Crippen LogP contribution in [-0.4, -0.2) is 13.1 Å². The number of hydrogen-bond donors (Lipinski definition) is 1. The van der Waals surface area contributed by atoms with E-state index in [2.05, 4.69) is 28.2 Å². The Hall–Kier alpha value is -0.410. The summed E-state index contributed by atoms with van der Waals surface area (Å²) in [6.07, 6.45) is 4.54. The predicted octanol–water partition coefficient (Wildman–Crippen LogP) is 3.91. The Morgan fingerprint density at radius 1 is 1.44 bits per heavy atom. The molecular weight excluding hydrogens is 269 g/mol. The molecule has 1 N–H and O–H groups in total. The van der Waals surface area contributed by atoms with E-state index in [1.807, 2.05) is 13.1 Å². The quantitative estimate of drug-likeness (QED) is 0.837. The van der Waals surface area contributed by atoms with Gasteiger partial charge in [0.1, 0.15) is 5.82 Å². The molecule has 0 aliphatic heterocycles. The molecule has 1 rings (SSSR count). The molecule has 0 amide bonds. The summed E-state index contributed by atoms with van der Waals surface area (Å²) in [5.74, 6) is -0.190. The standard InChI is InChI=1S/C13H19BrFN/c1-3-4-5-12(16-2)8-10-6-7-11(15)9-13(10)14/h6-7,9,12,16H,3-5,8H2,1-2H3. The largest absolute Gasteiger partial charge is 0.317 e. The van der Waals surface area contributed by atoms with Crippen molar-refractivity contribution in [3.05, 3.63) is 34.1 Å². The van der Waals surface area contributed by atoms with E-state index in [1.165, 1.54) is 25.0 Å². The van der Waals surface area contributed by atoms with Crippen molar-refractivity contribution in [2.45, 2.75) is 38.6 Å². The van der Waals surface area contributed by atoms with Crippen LogP contribution in [0.5, 0.6) is 0 Å². The van der Waals surface area contributed by atoms with Gasteiger partial charge < -0.3 is 5.32 Å². The highest BCUT2D eigenvalue weighted by Crippen LogP contribution is 2.20. The van der Waals surface area contributed by atoms with Crippen molar-refractivity contribution in [1.82, 2.24) is 5.32 Å². The van der Waals surface area contributed by atoms with Crippen molar-refractivity contribution in [2.24, 2.45) is 0 Å². The minimum absolute atomic E-state index is 0.190. The van der Waals surface area contributed by atoms with Crippen LogP contribution in [-0.2, 0) is 6.42 Å². The van der Waals surface area contributed by atoms with Gasteiger partial charge in [0, 0.05) is 10.5 Å². The molecule has 0 aliphatic rings. The molecular formula is C13H19BrFN. The first kappa shape index (κ1) is 13.7. The Labute approximate surface area is 106 Å². The lowest BCUT2D eigenvalue weighted by Crippen LogP contribution is -2.27. The lowest BCUT2D eigenvalue weighted by molar-refractivity contribution is 0.497. The fraction of sp³-hybridized carbons (Fsp3) is 0.538. The number of rotatable bonds is 6. The van der Waals surface area contributed by atoms with E-state index in [9.17, 15) is 4.39 Å². The van der Waals surface area contributed by atoms with Crippen molar-refractivity contribution in [2.75, 3.05) is 7.05 Å². The number of hydrogen-bond acceptors (Lipinski definition) is 1. The normalized spacial score (nSPS) is 12.8. The third kappa shape index (κ3) is 4.22. The molecule has 0 saturated carbocycles. The molecule has 1 aromatic carbocycles. The van der Waals surface area contributed by atoms with Crippen LogP contribution in [0.3, 0.4) is 0 Å². The van der Waals surface area contributed by atoms with Crippen LogP contribution in [0.15, 0.2) is 22.7 Å². The molecule has 1 nitrogen and oxygen atoms in total. The van der Waals surface area contributed by atoms with Gasteiger partial charge >= 0.3 is 0 Å². The van der Waals surface area contributed by atoms with Crippen molar-refractivity contribution in [1.29, 1.82) is 0 Å². The summed E-state index contributed by atoms with van der Waals surface area (Å²) in [4.78, 5) is 0. The van der Waals surface area contributed by atoms with Crippen molar-refractivity contribution in [3.8, 4) is 0 Å². The van der Waals surface area contributed by atoms with E-state index in [0.717, 1.165) is 22.9 Å². The molecule has 0 bridgehead atoms. The van der Waals surface area contributed by atoms with Crippen LogP contribution < -0.4 is 5.32 Å². The first-order valence-corrected chi connectivity index (χ1v) is 6.57. The molecule has 16 heavy (non-hydrogen) atoms. The van der Waals surface area contributed by atoms with Gasteiger partial charge in [-0.25, -0.2) is 4.39 Å². The Bertz CT molecular complexity index is 328. The number of likely N-dealkylation sites (N-methyl/N-ethyl adjacent to an activating group) is 1. The fourth-order valence-corrected chi connectivity index (χ4v) is 2.26. The molecule has 1 unspecified atom stereocenters. The maximum atomic E-state index is 12.9. The van der Waals surface area contributed by atoms with Gasteiger partial charge in [-0.2, -0.15) is 0 Å². The minimum atomic E-state index is -0.190. The molecule has 0 aliphatic carbocycles. The van der Waals surface area contributed by atoms with Gasteiger partial charge in [0.05, 0.1) is 0 Å². The van der Waals surface area contributed by atoms with Crippen molar-refractivity contribution in [3.63, 3.8) is 0 Å². The van der Waals surface area contributed by atoms with Gasteiger partial charge in [-0.1, -0.05) is 41.8 Å². The summed E-state index contributed by atoms with van der Waals surface area (Å²) in [5, 5.41) is 3.31. The van der Waals surface area contributed by atoms with Gasteiger partial charge in [0.25, 0.3) is 0 Å². The second kappa shape index (κ2) is 7.02. The smallest absolute Gasteiger partial charge is 0.124 e. The summed E-state index contributed by atoms with van der Waals surface area (Å²) in [6, 6.07) is 5.38. The fourth-order valence-electron chi connectivity index (χ4n) is 1.75. The highest BCUT2D eigenvalue weighted by Gasteiger charge is 2.09. The highest BCUT2D eigenvalue weighted by atomic mass is 79.9. The second-order valence-corrected chi connectivity index (χ2v) is 4.92. The summed E-state index contributed by atoms with van der Waals surface area (Å²) in [6.45, 7) is 2.19. The Kier molecular flexibility index (Phi) is 5.99. The zero-order chi connectivity index (χ0) is 12.0. The van der Waals surface area contributed by atoms with Crippen LogP contribution in [0.1, 0.15) is 31.7 Å². The van der Waals surface area contributed by atoms with Gasteiger partial charge in [-0.05, 0) is 37.6 Å². The zero-order valence-electron chi connectivity index (χ0n) is 9.89. The predicted molar refractivity (Wildman–Crippen MR) is 70.2 cm³/mol. The molecule has 0 heterocycles. The highest BCUT2D eigenvalue weighted by molar-refractivity contribution is 9.10. The monoisotopic (exact) mass is 287 g/mol. The second-order valence-electron chi connectivity index (χ2n) is 4.07. The lowest BCUT2D eigenvalue weighted by Gasteiger charge is -2.16. The summed E-state index contributed by atoms with van der Waals surface area (Å²) >= 11 is 3.41. The van der Waals surface area contributed by atoms with Gasteiger partial charge in [-0.15, -0.1) is 0 Å². The third-order valence-electron chi connectivity index (χ3n) is 2.80. The molecule has 0 radical (unpaired) electrons. The van der Waals surface area contributed by atoms with E-state index in [-0.39, 0.29) is 5.82 Å². The van der Waals surface area contributed by atoms with Gasteiger partial charge in [0.15, 0.2) is 0 Å². The summed E-state index contributed by atoms with van der Waals surface area (Å²) in [5.41, 5.74) is 1.16. The Morgan fingerprint density at radius 2 is 2.19 bits per heavy atom. The Balaban J connectivity index is 2.62. The third-order valence-corrected chi connectivity index (χ3v) is 3.53. The average Bonchev–Trinajstić information content (AvgIpc) is 2.27. The van der Waals surface area contributed by atoms with Crippen molar-refractivity contribution < 1.29 is 4.39 Å². The van der Waals surface area contributed by atoms with Crippen LogP contribution in [0, 0.1) is 5.82 Å². The van der Waals surface area contributed by atoms with Gasteiger partial charge in [-0.3, -0.25) is 0 Å². The van der Waals surface area contributed by atoms with E-state index in [0.29, 0.717) is 6.04 Å². The topological polar surface area (TPSA) is 12.0 Å². The van der Waals surface area contributed by atoms with E-state index < -0.39 is 0 Å². The minimum Gasteiger partial charge on any atom is -0.317 e. The molecule has 0 aromatic heterocycles. The number of nitrogens with one attached hydrogen (secondary N) is 1. The molecule has 3 heteroatoms. The molecule has 0 saturated heterocycles. The summed E-state index contributed by atoms with van der Waals surface area (Å²) < 4.78 is 13.8. The molecule has 0 spiro atoms. The molecule has 90 valence electrons. The molecule has 1 atom stereocenters. The van der Waals surface area contributed by atoms with E-state index in [1.54, 1.807) is 0 Å². The van der Waals surface area contributed by atoms with E-state index >= 15 is 0 Å². The van der Waals surface area contributed by atoms with Crippen LogP contribution in [0.25, 0.3) is 0 Å². The molecule has 0 fully saturated rings.